The van der Waals surface area contributed by atoms with Crippen LogP contribution in [-0.4, -0.2) is 33.1 Å². The van der Waals surface area contributed by atoms with E-state index in [-0.39, 0.29) is 6.04 Å². The maximum atomic E-state index is 8.96. The van der Waals surface area contributed by atoms with Crippen molar-refractivity contribution in [3.05, 3.63) is 77.9 Å². The second-order valence-corrected chi connectivity index (χ2v) is 9.28. The van der Waals surface area contributed by atoms with E-state index in [2.05, 4.69) is 58.0 Å². The Balaban J connectivity index is 1.40. The Bertz CT molecular complexity index is 1370. The number of nitriles is 1. The lowest BCUT2D eigenvalue weighted by atomic mass is 10.1. The third-order valence-electron chi connectivity index (χ3n) is 6.68. The van der Waals surface area contributed by atoms with Crippen LogP contribution in [0.25, 0.3) is 10.9 Å². The summed E-state index contributed by atoms with van der Waals surface area (Å²) in [4.78, 5) is 11.6. The number of hydrogen-bond donors (Lipinski definition) is 1. The summed E-state index contributed by atoms with van der Waals surface area (Å²) in [5.74, 6) is 1.66. The number of likely N-dealkylation sites (tertiary alicyclic amines) is 1. The van der Waals surface area contributed by atoms with E-state index in [0.717, 1.165) is 48.9 Å². The molecule has 7 heteroatoms. The summed E-state index contributed by atoms with van der Waals surface area (Å²) in [6.45, 7) is 6.35. The highest BCUT2D eigenvalue weighted by Gasteiger charge is 2.28. The van der Waals surface area contributed by atoms with Crippen molar-refractivity contribution in [1.29, 1.82) is 5.26 Å². The van der Waals surface area contributed by atoms with Crippen molar-refractivity contribution in [2.24, 2.45) is 0 Å². The molecule has 0 amide bonds. The molecular weight excluding hydrogens is 436 g/mol. The van der Waals surface area contributed by atoms with Crippen LogP contribution in [0.1, 0.15) is 55.7 Å². The molecule has 5 rings (SSSR count). The number of aromatic nitrogens is 3. The molecule has 7 nitrogen and oxygen atoms in total. The Kier molecular flexibility index (Phi) is 6.39. The largest absolute Gasteiger partial charge is 0.497 e. The third kappa shape index (κ3) is 4.71. The van der Waals surface area contributed by atoms with Gasteiger partial charge in [-0.2, -0.15) is 5.26 Å². The number of hydrogen-bond acceptors (Lipinski definition) is 6. The molecule has 4 heterocycles. The molecule has 0 spiro atoms. The predicted molar refractivity (Wildman–Crippen MR) is 138 cm³/mol. The van der Waals surface area contributed by atoms with Gasteiger partial charge in [0.15, 0.2) is 0 Å². The first-order valence-electron chi connectivity index (χ1n) is 12.1. The maximum absolute atomic E-state index is 8.96. The topological polar surface area (TPSA) is 79.0 Å². The quantitative estimate of drug-likeness (QED) is 0.361. The van der Waals surface area contributed by atoms with E-state index in [4.69, 9.17) is 15.0 Å². The summed E-state index contributed by atoms with van der Waals surface area (Å²) in [7, 11) is 1.72. The minimum absolute atomic E-state index is 0.263. The second-order valence-electron chi connectivity index (χ2n) is 9.28. The first-order valence-corrected chi connectivity index (χ1v) is 12.1. The molecule has 0 saturated carbocycles. The number of ether oxygens (including phenoxy) is 1. The number of methoxy groups -OCH3 is 1. The highest BCUT2D eigenvalue weighted by Crippen LogP contribution is 2.36. The van der Waals surface area contributed by atoms with Crippen LogP contribution in [-0.2, 0) is 6.54 Å². The average molecular weight is 467 g/mol. The normalized spacial score (nSPS) is 16.0. The van der Waals surface area contributed by atoms with Gasteiger partial charge in [-0.25, -0.2) is 9.97 Å². The molecule has 0 unspecified atom stereocenters. The number of fused-ring (bicyclic) bond motifs is 1. The van der Waals surface area contributed by atoms with E-state index >= 15 is 0 Å². The summed E-state index contributed by atoms with van der Waals surface area (Å²) in [6.07, 6.45) is 6.19. The molecule has 1 N–H and O–H groups in total. The van der Waals surface area contributed by atoms with Crippen LogP contribution in [0.4, 0.5) is 11.5 Å². The van der Waals surface area contributed by atoms with E-state index in [9.17, 15) is 0 Å². The Morgan fingerprint density at radius 2 is 2.09 bits per heavy atom. The molecule has 0 bridgehead atoms. The van der Waals surface area contributed by atoms with Gasteiger partial charge in [0.05, 0.1) is 30.7 Å². The first-order chi connectivity index (χ1) is 17.1. The zero-order valence-corrected chi connectivity index (χ0v) is 20.4. The van der Waals surface area contributed by atoms with Gasteiger partial charge in [0.2, 0.25) is 0 Å². The Morgan fingerprint density at radius 1 is 1.20 bits per heavy atom. The Morgan fingerprint density at radius 3 is 2.83 bits per heavy atom. The summed E-state index contributed by atoms with van der Waals surface area (Å²) in [6, 6.07) is 18.7. The SMILES string of the molecule is COc1ccc2c(c1)c(CN1CCC[C@@H]1c1cccc(Nc3ccc(C#N)nc3)n1)cn2C(C)C. The Labute approximate surface area is 206 Å². The highest BCUT2D eigenvalue weighted by atomic mass is 16.5. The lowest BCUT2D eigenvalue weighted by Gasteiger charge is -2.24. The van der Waals surface area contributed by atoms with E-state index in [1.165, 1.54) is 16.5 Å². The van der Waals surface area contributed by atoms with Gasteiger partial charge in [0.25, 0.3) is 0 Å². The fraction of sp³-hybridized carbons (Fsp3) is 0.321. The summed E-state index contributed by atoms with van der Waals surface area (Å²) in [5.41, 5.74) is 4.84. The van der Waals surface area contributed by atoms with Crippen molar-refractivity contribution in [2.45, 2.75) is 45.3 Å². The van der Waals surface area contributed by atoms with Crippen LogP contribution in [0.2, 0.25) is 0 Å². The smallest absolute Gasteiger partial charge is 0.140 e. The van der Waals surface area contributed by atoms with Crippen molar-refractivity contribution in [1.82, 2.24) is 19.4 Å². The van der Waals surface area contributed by atoms with Gasteiger partial charge in [0.1, 0.15) is 23.3 Å². The minimum Gasteiger partial charge on any atom is -0.497 e. The van der Waals surface area contributed by atoms with E-state index < -0.39 is 0 Å². The monoisotopic (exact) mass is 466 g/mol. The summed E-state index contributed by atoms with van der Waals surface area (Å²) < 4.78 is 7.87. The lowest BCUT2D eigenvalue weighted by Crippen LogP contribution is -2.23. The van der Waals surface area contributed by atoms with Crippen LogP contribution < -0.4 is 10.1 Å². The molecule has 178 valence electrons. The summed E-state index contributed by atoms with van der Waals surface area (Å²) >= 11 is 0. The lowest BCUT2D eigenvalue weighted by molar-refractivity contribution is 0.245. The van der Waals surface area contributed by atoms with Crippen LogP contribution in [0.5, 0.6) is 5.75 Å². The number of nitrogens with one attached hydrogen (secondary N) is 1. The highest BCUT2D eigenvalue weighted by molar-refractivity contribution is 5.85. The average Bonchev–Trinajstić information content (AvgIpc) is 3.49. The van der Waals surface area contributed by atoms with Crippen LogP contribution in [0.3, 0.4) is 0 Å². The fourth-order valence-corrected chi connectivity index (χ4v) is 4.94. The zero-order valence-electron chi connectivity index (χ0n) is 20.4. The molecule has 0 aliphatic carbocycles. The first kappa shape index (κ1) is 22.9. The van der Waals surface area contributed by atoms with Gasteiger partial charge in [-0.1, -0.05) is 6.07 Å². The fourth-order valence-electron chi connectivity index (χ4n) is 4.94. The van der Waals surface area contributed by atoms with Crippen molar-refractivity contribution < 1.29 is 4.74 Å². The molecule has 1 atom stereocenters. The number of rotatable bonds is 7. The summed E-state index contributed by atoms with van der Waals surface area (Å²) in [5, 5.41) is 13.5. The molecule has 4 aromatic rings. The van der Waals surface area contributed by atoms with Crippen LogP contribution in [0.15, 0.2) is 60.9 Å². The second kappa shape index (κ2) is 9.77. The van der Waals surface area contributed by atoms with Gasteiger partial charge in [-0.3, -0.25) is 4.90 Å². The molecule has 35 heavy (non-hydrogen) atoms. The maximum Gasteiger partial charge on any atom is 0.140 e. The van der Waals surface area contributed by atoms with Crippen molar-refractivity contribution in [3.8, 4) is 11.8 Å². The van der Waals surface area contributed by atoms with Gasteiger partial charge >= 0.3 is 0 Å². The predicted octanol–water partition coefficient (Wildman–Crippen LogP) is 5.97. The van der Waals surface area contributed by atoms with Crippen molar-refractivity contribution in [3.63, 3.8) is 0 Å². The van der Waals surface area contributed by atoms with E-state index in [1.54, 1.807) is 19.4 Å². The molecular formula is C28H30N6O. The van der Waals surface area contributed by atoms with Gasteiger partial charge < -0.3 is 14.6 Å². The van der Waals surface area contributed by atoms with E-state index in [0.29, 0.717) is 11.7 Å². The molecule has 1 fully saturated rings. The zero-order chi connectivity index (χ0) is 24.4. The number of benzene rings is 1. The third-order valence-corrected chi connectivity index (χ3v) is 6.68. The number of nitrogens with zero attached hydrogens (tertiary/aromatic N) is 5. The van der Waals surface area contributed by atoms with Crippen LogP contribution in [0, 0.1) is 11.3 Å². The molecule has 1 saturated heterocycles. The molecule has 1 aromatic carbocycles. The minimum atomic E-state index is 0.263. The van der Waals surface area contributed by atoms with Gasteiger partial charge in [-0.05, 0) is 81.3 Å². The van der Waals surface area contributed by atoms with Crippen molar-refractivity contribution >= 4 is 22.4 Å². The number of pyridine rings is 2. The van der Waals surface area contributed by atoms with Gasteiger partial charge in [-0.15, -0.1) is 0 Å². The van der Waals surface area contributed by atoms with Crippen LogP contribution >= 0.6 is 0 Å². The molecule has 3 aromatic heterocycles. The Hall–Kier alpha value is -3.89. The molecule has 0 radical (unpaired) electrons. The van der Waals surface area contributed by atoms with Gasteiger partial charge in [0, 0.05) is 29.7 Å². The van der Waals surface area contributed by atoms with E-state index in [1.807, 2.05) is 30.3 Å². The standard InChI is InChI=1S/C28H30N6O/c1-19(2)34-18-20(24-14-23(35-3)11-12-26(24)34)17-33-13-5-7-27(33)25-6-4-8-28(32-25)31-22-10-9-21(15-29)30-16-22/h4,6,8-12,14,16,18-19,27H,5,7,13,17H2,1-3H3,(H,31,32)/t27-/m1/s1. The molecule has 1 aliphatic rings. The number of anilines is 2. The molecule has 1 aliphatic heterocycles. The van der Waals surface area contributed by atoms with Crippen molar-refractivity contribution in [2.75, 3.05) is 19.0 Å².